The molecule has 1 aliphatic carbocycles. The van der Waals surface area contributed by atoms with Gasteiger partial charge >= 0.3 is 0 Å². The lowest BCUT2D eigenvalue weighted by Gasteiger charge is -2.42. The van der Waals surface area contributed by atoms with Crippen LogP contribution in [-0.2, 0) is 9.53 Å². The molecule has 2 heterocycles. The van der Waals surface area contributed by atoms with Crippen molar-refractivity contribution in [2.45, 2.75) is 44.9 Å². The van der Waals surface area contributed by atoms with Crippen LogP contribution in [-0.4, -0.2) is 50.7 Å². The molecule has 2 aliphatic heterocycles. The van der Waals surface area contributed by atoms with E-state index in [4.69, 9.17) is 4.74 Å². The molecule has 120 valence electrons. The van der Waals surface area contributed by atoms with Gasteiger partial charge in [0.2, 0.25) is 5.91 Å². The number of amides is 1. The first-order valence-electron chi connectivity index (χ1n) is 8.72. The zero-order valence-electron chi connectivity index (χ0n) is 13.4. The van der Waals surface area contributed by atoms with E-state index in [0.29, 0.717) is 6.61 Å². The van der Waals surface area contributed by atoms with Crippen LogP contribution >= 0.6 is 0 Å². The smallest absolute Gasteiger partial charge is 0.226 e. The van der Waals surface area contributed by atoms with Gasteiger partial charge in [-0.25, -0.2) is 0 Å². The molecule has 3 aliphatic rings. The van der Waals surface area contributed by atoms with Gasteiger partial charge in [-0.05, 0) is 44.7 Å². The Morgan fingerprint density at radius 3 is 2.62 bits per heavy atom. The zero-order chi connectivity index (χ0) is 14.7. The highest BCUT2D eigenvalue weighted by Gasteiger charge is 2.49. The quantitative estimate of drug-likeness (QED) is 0.863. The highest BCUT2D eigenvalue weighted by Crippen LogP contribution is 2.42. The lowest BCUT2D eigenvalue weighted by molar-refractivity contribution is -0.126. The molecule has 0 radical (unpaired) electrons. The third-order valence-electron chi connectivity index (χ3n) is 6.10. The van der Waals surface area contributed by atoms with Crippen molar-refractivity contribution in [3.05, 3.63) is 0 Å². The minimum Gasteiger partial charge on any atom is -0.384 e. The molecule has 3 fully saturated rings. The SMILES string of the molecule is COC[C@@H]1C(=O)NCC12CCN(CC1CCCCC1)CC2. The summed E-state index contributed by atoms with van der Waals surface area (Å²) in [6.45, 7) is 5.04. The summed E-state index contributed by atoms with van der Waals surface area (Å²) in [5.74, 6) is 1.20. The molecule has 1 amide bonds. The maximum Gasteiger partial charge on any atom is 0.226 e. The van der Waals surface area contributed by atoms with E-state index in [1.807, 2.05) is 0 Å². The largest absolute Gasteiger partial charge is 0.384 e. The van der Waals surface area contributed by atoms with Crippen molar-refractivity contribution in [1.29, 1.82) is 0 Å². The van der Waals surface area contributed by atoms with Crippen LogP contribution in [0.5, 0.6) is 0 Å². The fourth-order valence-electron chi connectivity index (χ4n) is 4.65. The Morgan fingerprint density at radius 2 is 1.95 bits per heavy atom. The molecule has 0 bridgehead atoms. The summed E-state index contributed by atoms with van der Waals surface area (Å²) in [5, 5.41) is 3.07. The average Bonchev–Trinajstić information content (AvgIpc) is 2.81. The van der Waals surface area contributed by atoms with Gasteiger partial charge in [-0.3, -0.25) is 4.79 Å². The molecule has 1 N–H and O–H groups in total. The molecule has 0 aromatic carbocycles. The number of nitrogens with one attached hydrogen (secondary N) is 1. The number of methoxy groups -OCH3 is 1. The average molecular weight is 294 g/mol. The molecule has 0 aromatic rings. The van der Waals surface area contributed by atoms with Gasteiger partial charge in [-0.2, -0.15) is 0 Å². The molecule has 2 saturated heterocycles. The van der Waals surface area contributed by atoms with Crippen molar-refractivity contribution in [2.75, 3.05) is 39.9 Å². The summed E-state index contributed by atoms with van der Waals surface area (Å²) in [6, 6.07) is 0. The van der Waals surface area contributed by atoms with Crippen molar-refractivity contribution in [2.24, 2.45) is 17.3 Å². The molecule has 1 spiro atoms. The summed E-state index contributed by atoms with van der Waals surface area (Å²) < 4.78 is 5.30. The summed E-state index contributed by atoms with van der Waals surface area (Å²) >= 11 is 0. The number of nitrogens with zero attached hydrogens (tertiary/aromatic N) is 1. The number of rotatable bonds is 4. The Bertz CT molecular complexity index is 358. The number of piperidine rings is 1. The number of likely N-dealkylation sites (tertiary alicyclic amines) is 1. The van der Waals surface area contributed by atoms with Crippen LogP contribution in [0.15, 0.2) is 0 Å². The van der Waals surface area contributed by atoms with E-state index in [0.717, 1.165) is 38.4 Å². The molecule has 21 heavy (non-hydrogen) atoms. The molecular weight excluding hydrogens is 264 g/mol. The Labute approximate surface area is 128 Å². The first kappa shape index (κ1) is 15.3. The molecule has 1 atom stereocenters. The van der Waals surface area contributed by atoms with E-state index < -0.39 is 0 Å². The van der Waals surface area contributed by atoms with Crippen molar-refractivity contribution in [3.8, 4) is 0 Å². The van der Waals surface area contributed by atoms with Gasteiger partial charge in [0.15, 0.2) is 0 Å². The minimum absolute atomic E-state index is 0.0688. The fourth-order valence-corrected chi connectivity index (χ4v) is 4.65. The third kappa shape index (κ3) is 3.26. The van der Waals surface area contributed by atoms with Crippen LogP contribution in [0.4, 0.5) is 0 Å². The van der Waals surface area contributed by atoms with Crippen molar-refractivity contribution in [3.63, 3.8) is 0 Å². The van der Waals surface area contributed by atoms with E-state index in [9.17, 15) is 4.79 Å². The molecule has 1 saturated carbocycles. The highest BCUT2D eigenvalue weighted by molar-refractivity contribution is 5.82. The zero-order valence-corrected chi connectivity index (χ0v) is 13.4. The van der Waals surface area contributed by atoms with Crippen LogP contribution in [0.1, 0.15) is 44.9 Å². The topological polar surface area (TPSA) is 41.6 Å². The molecule has 4 nitrogen and oxygen atoms in total. The van der Waals surface area contributed by atoms with E-state index in [-0.39, 0.29) is 17.2 Å². The van der Waals surface area contributed by atoms with E-state index in [1.165, 1.54) is 38.6 Å². The van der Waals surface area contributed by atoms with Crippen molar-refractivity contribution < 1.29 is 9.53 Å². The van der Waals surface area contributed by atoms with Crippen molar-refractivity contribution in [1.82, 2.24) is 10.2 Å². The number of carbonyl (C=O) groups is 1. The van der Waals surface area contributed by atoms with Gasteiger partial charge in [0.25, 0.3) is 0 Å². The van der Waals surface area contributed by atoms with Gasteiger partial charge in [0.05, 0.1) is 12.5 Å². The predicted octanol–water partition coefficient (Wildman–Crippen LogP) is 2.04. The van der Waals surface area contributed by atoms with E-state index >= 15 is 0 Å². The molecule has 0 aromatic heterocycles. The maximum absolute atomic E-state index is 12.0. The van der Waals surface area contributed by atoms with Crippen LogP contribution in [0.25, 0.3) is 0 Å². The molecular formula is C17H30N2O2. The van der Waals surface area contributed by atoms with E-state index in [1.54, 1.807) is 7.11 Å². The number of hydrogen-bond donors (Lipinski definition) is 1. The Balaban J connectivity index is 1.53. The monoisotopic (exact) mass is 294 g/mol. The maximum atomic E-state index is 12.0. The predicted molar refractivity (Wildman–Crippen MR) is 83.1 cm³/mol. The first-order chi connectivity index (χ1) is 10.2. The number of hydrogen-bond acceptors (Lipinski definition) is 3. The first-order valence-corrected chi connectivity index (χ1v) is 8.72. The summed E-state index contributed by atoms with van der Waals surface area (Å²) in [6.07, 6.45) is 9.43. The van der Waals surface area contributed by atoms with Gasteiger partial charge in [-0.15, -0.1) is 0 Å². The second-order valence-electron chi connectivity index (χ2n) is 7.39. The number of carbonyl (C=O) groups excluding carboxylic acids is 1. The highest BCUT2D eigenvalue weighted by atomic mass is 16.5. The summed E-state index contributed by atoms with van der Waals surface area (Å²) in [4.78, 5) is 14.7. The van der Waals surface area contributed by atoms with Gasteiger partial charge in [-0.1, -0.05) is 19.3 Å². The van der Waals surface area contributed by atoms with Crippen LogP contribution < -0.4 is 5.32 Å². The second kappa shape index (κ2) is 6.66. The van der Waals surface area contributed by atoms with E-state index in [2.05, 4.69) is 10.2 Å². The standard InChI is InChI=1S/C17H30N2O2/c1-21-12-15-16(20)18-13-17(15)7-9-19(10-8-17)11-14-5-3-2-4-6-14/h14-15H,2-13H2,1H3,(H,18,20)/t15-/m1/s1. The lowest BCUT2D eigenvalue weighted by Crippen LogP contribution is -2.46. The number of ether oxygens (including phenoxy) is 1. The lowest BCUT2D eigenvalue weighted by atomic mass is 9.70. The molecule has 3 rings (SSSR count). The summed E-state index contributed by atoms with van der Waals surface area (Å²) in [7, 11) is 1.71. The Hall–Kier alpha value is -0.610. The van der Waals surface area contributed by atoms with Gasteiger partial charge in [0, 0.05) is 25.6 Å². The van der Waals surface area contributed by atoms with Crippen LogP contribution in [0.2, 0.25) is 0 Å². The second-order valence-corrected chi connectivity index (χ2v) is 7.39. The Morgan fingerprint density at radius 1 is 1.24 bits per heavy atom. The Kier molecular flexibility index (Phi) is 4.85. The molecule has 4 heteroatoms. The van der Waals surface area contributed by atoms with Crippen LogP contribution in [0, 0.1) is 17.3 Å². The van der Waals surface area contributed by atoms with Crippen molar-refractivity contribution >= 4 is 5.91 Å². The van der Waals surface area contributed by atoms with Gasteiger partial charge in [0.1, 0.15) is 0 Å². The third-order valence-corrected chi connectivity index (χ3v) is 6.10. The van der Waals surface area contributed by atoms with Gasteiger partial charge < -0.3 is 15.0 Å². The minimum atomic E-state index is 0.0688. The normalized spacial score (nSPS) is 30.7. The van der Waals surface area contributed by atoms with Crippen LogP contribution in [0.3, 0.4) is 0 Å². The molecule has 0 unspecified atom stereocenters. The fraction of sp³-hybridized carbons (Fsp3) is 0.941. The summed E-state index contributed by atoms with van der Waals surface area (Å²) in [5.41, 5.74) is 0.163.